The fourth-order valence-electron chi connectivity index (χ4n) is 2.64. The minimum atomic E-state index is -0.240. The van der Waals surface area contributed by atoms with Gasteiger partial charge in [-0.15, -0.1) is 12.4 Å². The van der Waals surface area contributed by atoms with Gasteiger partial charge in [-0.2, -0.15) is 0 Å². The van der Waals surface area contributed by atoms with E-state index in [0.29, 0.717) is 5.69 Å². The molecule has 3 rings (SSSR count). The molecule has 0 aliphatic carbocycles. The van der Waals surface area contributed by atoms with E-state index in [1.54, 1.807) is 0 Å². The molecule has 2 heterocycles. The molecule has 1 amide bonds. The number of aromatic nitrogens is 2. The van der Waals surface area contributed by atoms with Crippen molar-refractivity contribution in [2.24, 2.45) is 0 Å². The van der Waals surface area contributed by atoms with Crippen LogP contribution in [0.1, 0.15) is 28.9 Å². The Morgan fingerprint density at radius 1 is 1.30 bits per heavy atom. The van der Waals surface area contributed by atoms with Crippen molar-refractivity contribution in [1.29, 1.82) is 0 Å². The van der Waals surface area contributed by atoms with Crippen LogP contribution < -0.4 is 16.2 Å². The van der Waals surface area contributed by atoms with E-state index in [1.165, 1.54) is 10.7 Å². The van der Waals surface area contributed by atoms with Crippen LogP contribution in [0.5, 0.6) is 0 Å². The SMILES string of the molecule is Cc1ccc(-n2[nH]c(C(=O)N[C@H]3CCCNC3)cc2=O)cc1.Cl. The summed E-state index contributed by atoms with van der Waals surface area (Å²) in [6.07, 6.45) is 2.01. The van der Waals surface area contributed by atoms with Gasteiger partial charge in [0.2, 0.25) is 0 Å². The molecule has 1 aliphatic rings. The highest BCUT2D eigenvalue weighted by molar-refractivity contribution is 5.92. The summed E-state index contributed by atoms with van der Waals surface area (Å²) in [6.45, 7) is 3.75. The van der Waals surface area contributed by atoms with Crippen molar-refractivity contribution in [3.63, 3.8) is 0 Å². The number of halogens is 1. The van der Waals surface area contributed by atoms with E-state index >= 15 is 0 Å². The van der Waals surface area contributed by atoms with Gasteiger partial charge in [0, 0.05) is 18.7 Å². The van der Waals surface area contributed by atoms with Crippen LogP contribution in [0.4, 0.5) is 0 Å². The summed E-state index contributed by atoms with van der Waals surface area (Å²) in [6, 6.07) is 9.00. The number of hydrogen-bond donors (Lipinski definition) is 3. The summed E-state index contributed by atoms with van der Waals surface area (Å²) in [7, 11) is 0. The van der Waals surface area contributed by atoms with Crippen LogP contribution in [-0.4, -0.2) is 34.8 Å². The molecule has 0 spiro atoms. The predicted octanol–water partition coefficient (Wildman–Crippen LogP) is 1.38. The van der Waals surface area contributed by atoms with Gasteiger partial charge in [0.15, 0.2) is 0 Å². The van der Waals surface area contributed by atoms with Gasteiger partial charge in [0.1, 0.15) is 5.69 Å². The van der Waals surface area contributed by atoms with Gasteiger partial charge in [0.05, 0.1) is 5.69 Å². The van der Waals surface area contributed by atoms with Crippen LogP contribution in [-0.2, 0) is 0 Å². The number of aromatic amines is 1. The zero-order valence-corrected chi connectivity index (χ0v) is 13.8. The van der Waals surface area contributed by atoms with Crippen LogP contribution >= 0.6 is 12.4 Å². The van der Waals surface area contributed by atoms with E-state index in [0.717, 1.165) is 31.5 Å². The van der Waals surface area contributed by atoms with Gasteiger partial charge in [-0.05, 0) is 38.4 Å². The lowest BCUT2D eigenvalue weighted by Crippen LogP contribution is -2.45. The molecule has 0 saturated carbocycles. The third-order valence-electron chi connectivity index (χ3n) is 3.89. The summed E-state index contributed by atoms with van der Waals surface area (Å²) in [5, 5.41) is 9.08. The van der Waals surface area contributed by atoms with Gasteiger partial charge >= 0.3 is 0 Å². The van der Waals surface area contributed by atoms with Crippen LogP contribution in [0.25, 0.3) is 5.69 Å². The average molecular weight is 337 g/mol. The molecular formula is C16H21ClN4O2. The first-order valence-electron chi connectivity index (χ1n) is 7.54. The molecule has 0 radical (unpaired) electrons. The molecule has 124 valence electrons. The number of H-pyrrole nitrogens is 1. The quantitative estimate of drug-likeness (QED) is 0.792. The summed E-state index contributed by atoms with van der Waals surface area (Å²) in [5.74, 6) is -0.239. The largest absolute Gasteiger partial charge is 0.347 e. The van der Waals surface area contributed by atoms with E-state index < -0.39 is 0 Å². The zero-order valence-electron chi connectivity index (χ0n) is 13.0. The molecule has 2 aromatic rings. The Morgan fingerprint density at radius 3 is 2.70 bits per heavy atom. The lowest BCUT2D eigenvalue weighted by Gasteiger charge is -2.23. The number of nitrogens with one attached hydrogen (secondary N) is 3. The Kier molecular flexibility index (Phi) is 5.63. The zero-order chi connectivity index (χ0) is 15.5. The fourth-order valence-corrected chi connectivity index (χ4v) is 2.64. The maximum absolute atomic E-state index is 12.2. The number of amides is 1. The van der Waals surface area contributed by atoms with Crippen molar-refractivity contribution in [1.82, 2.24) is 20.4 Å². The second-order valence-corrected chi connectivity index (χ2v) is 5.70. The van der Waals surface area contributed by atoms with Crippen LogP contribution in [0.15, 0.2) is 35.1 Å². The van der Waals surface area contributed by atoms with E-state index in [1.807, 2.05) is 31.2 Å². The van der Waals surface area contributed by atoms with Gasteiger partial charge in [0.25, 0.3) is 11.5 Å². The lowest BCUT2D eigenvalue weighted by atomic mass is 10.1. The van der Waals surface area contributed by atoms with Crippen molar-refractivity contribution >= 4 is 18.3 Å². The molecule has 1 saturated heterocycles. The standard InChI is InChI=1S/C16H20N4O2.ClH/c1-11-4-6-13(7-5-11)20-15(21)9-14(19-20)16(22)18-12-3-2-8-17-10-12;/h4-7,9,12,17,19H,2-3,8,10H2,1H3,(H,18,22);1H/t12-;/m0./s1. The number of aryl methyl sites for hydroxylation is 1. The molecule has 6 nitrogen and oxygen atoms in total. The number of piperidine rings is 1. The third-order valence-corrected chi connectivity index (χ3v) is 3.89. The number of hydrogen-bond acceptors (Lipinski definition) is 3. The Labute approximate surface area is 140 Å². The molecule has 7 heteroatoms. The predicted molar refractivity (Wildman–Crippen MR) is 91.7 cm³/mol. The first-order valence-corrected chi connectivity index (χ1v) is 7.54. The van der Waals surface area contributed by atoms with Gasteiger partial charge < -0.3 is 10.6 Å². The molecule has 23 heavy (non-hydrogen) atoms. The van der Waals surface area contributed by atoms with E-state index in [4.69, 9.17) is 0 Å². The molecule has 1 aromatic heterocycles. The Morgan fingerprint density at radius 2 is 2.04 bits per heavy atom. The van der Waals surface area contributed by atoms with Gasteiger partial charge in [-0.1, -0.05) is 17.7 Å². The van der Waals surface area contributed by atoms with Crippen molar-refractivity contribution < 1.29 is 4.79 Å². The fraction of sp³-hybridized carbons (Fsp3) is 0.375. The number of rotatable bonds is 3. The molecule has 0 bridgehead atoms. The topological polar surface area (TPSA) is 78.9 Å². The summed E-state index contributed by atoms with van der Waals surface area (Å²) in [5.41, 5.74) is 1.88. The summed E-state index contributed by atoms with van der Waals surface area (Å²) < 4.78 is 1.38. The Bertz CT molecular complexity index is 714. The van der Waals surface area contributed by atoms with Crippen LogP contribution in [0.3, 0.4) is 0 Å². The number of benzene rings is 1. The second-order valence-electron chi connectivity index (χ2n) is 5.70. The third kappa shape index (κ3) is 4.03. The monoisotopic (exact) mass is 336 g/mol. The van der Waals surface area contributed by atoms with E-state index in [2.05, 4.69) is 15.7 Å². The lowest BCUT2D eigenvalue weighted by molar-refractivity contribution is 0.0925. The molecule has 1 atom stereocenters. The maximum atomic E-state index is 12.2. The molecule has 1 fully saturated rings. The number of nitrogens with zero attached hydrogens (tertiary/aromatic N) is 1. The van der Waals surface area contributed by atoms with E-state index in [9.17, 15) is 9.59 Å². The van der Waals surface area contributed by atoms with Crippen molar-refractivity contribution in [3.8, 4) is 5.69 Å². The summed E-state index contributed by atoms with van der Waals surface area (Å²) in [4.78, 5) is 24.3. The first-order chi connectivity index (χ1) is 10.6. The average Bonchev–Trinajstić information content (AvgIpc) is 2.91. The minimum Gasteiger partial charge on any atom is -0.347 e. The highest BCUT2D eigenvalue weighted by atomic mass is 35.5. The molecule has 1 aliphatic heterocycles. The smallest absolute Gasteiger partial charge is 0.271 e. The van der Waals surface area contributed by atoms with Crippen molar-refractivity contribution in [2.45, 2.75) is 25.8 Å². The second kappa shape index (κ2) is 7.48. The minimum absolute atomic E-state index is 0. The number of carbonyl (C=O) groups is 1. The van der Waals surface area contributed by atoms with Crippen LogP contribution in [0.2, 0.25) is 0 Å². The Hall–Kier alpha value is -2.05. The van der Waals surface area contributed by atoms with Crippen molar-refractivity contribution in [2.75, 3.05) is 13.1 Å². The number of carbonyl (C=O) groups excluding carboxylic acids is 1. The van der Waals surface area contributed by atoms with Gasteiger partial charge in [-0.25, -0.2) is 4.68 Å². The Balaban J connectivity index is 0.00000192. The van der Waals surface area contributed by atoms with Gasteiger partial charge in [-0.3, -0.25) is 14.7 Å². The van der Waals surface area contributed by atoms with Crippen molar-refractivity contribution in [3.05, 3.63) is 51.9 Å². The highest BCUT2D eigenvalue weighted by Crippen LogP contribution is 2.07. The first kappa shape index (κ1) is 17.3. The van der Waals surface area contributed by atoms with Crippen LogP contribution in [0, 0.1) is 6.92 Å². The van der Waals surface area contributed by atoms with E-state index in [-0.39, 0.29) is 35.6 Å². The molecular weight excluding hydrogens is 316 g/mol. The summed E-state index contributed by atoms with van der Waals surface area (Å²) >= 11 is 0. The molecule has 3 N–H and O–H groups in total. The highest BCUT2D eigenvalue weighted by Gasteiger charge is 2.18. The molecule has 1 aromatic carbocycles. The normalized spacial score (nSPS) is 17.3. The molecule has 0 unspecified atom stereocenters. The maximum Gasteiger partial charge on any atom is 0.271 e.